The number of esters is 8. The summed E-state index contributed by atoms with van der Waals surface area (Å²) in [5, 5.41) is 10.4. The van der Waals surface area contributed by atoms with Crippen LogP contribution in [0.2, 0.25) is 0 Å². The maximum absolute atomic E-state index is 11.5. The highest BCUT2D eigenvalue weighted by molar-refractivity contribution is 5.84. The molecule has 0 saturated heterocycles. The Balaban J connectivity index is 0. The second-order valence-electron chi connectivity index (χ2n) is 10.1. The predicted octanol–water partition coefficient (Wildman–Crippen LogP) is 1.53. The van der Waals surface area contributed by atoms with E-state index in [2.05, 4.69) is 52.6 Å². The lowest BCUT2D eigenvalue weighted by atomic mass is 9.92. The Bertz CT molecular complexity index is 1250. The number of aliphatic hydroxyl groups excluding tert-OH is 1. The molecule has 0 aromatic heterocycles. The second kappa shape index (κ2) is 28.3. The Labute approximate surface area is 306 Å². The molecule has 0 aliphatic carbocycles. The molecule has 2 unspecified atom stereocenters. The predicted molar refractivity (Wildman–Crippen MR) is 185 cm³/mol. The molecule has 0 aromatic rings. The summed E-state index contributed by atoms with van der Waals surface area (Å²) in [6.07, 6.45) is 4.91. The van der Waals surface area contributed by atoms with Gasteiger partial charge in [0.15, 0.2) is 0 Å². The van der Waals surface area contributed by atoms with E-state index in [1.165, 1.54) is 0 Å². The zero-order chi connectivity index (χ0) is 40.8. The summed E-state index contributed by atoms with van der Waals surface area (Å²) in [6, 6.07) is 0. The molecule has 0 rings (SSSR count). The van der Waals surface area contributed by atoms with Crippen molar-refractivity contribution in [3.63, 3.8) is 0 Å². The topological polar surface area (TPSA) is 231 Å². The fourth-order valence-corrected chi connectivity index (χ4v) is 3.21. The van der Waals surface area contributed by atoms with Crippen molar-refractivity contribution in [1.82, 2.24) is 0 Å². The van der Waals surface area contributed by atoms with Crippen LogP contribution in [0, 0.1) is 11.3 Å². The highest BCUT2D eigenvalue weighted by atomic mass is 16.6. The Morgan fingerprint density at radius 1 is 0.434 bits per heavy atom. The Hall–Kier alpha value is -6.36. The maximum Gasteiger partial charge on any atom is 0.330 e. The first-order valence-corrected chi connectivity index (χ1v) is 15.1. The van der Waals surface area contributed by atoms with Gasteiger partial charge in [-0.1, -0.05) is 52.6 Å². The molecular formula is C36H44O17. The van der Waals surface area contributed by atoms with E-state index in [0.717, 1.165) is 48.6 Å². The van der Waals surface area contributed by atoms with Crippen molar-refractivity contribution in [2.24, 2.45) is 11.3 Å². The summed E-state index contributed by atoms with van der Waals surface area (Å²) >= 11 is 0. The van der Waals surface area contributed by atoms with Gasteiger partial charge in [0.05, 0.1) is 12.0 Å². The molecule has 0 bridgehead atoms. The van der Waals surface area contributed by atoms with Gasteiger partial charge in [0, 0.05) is 55.0 Å². The molecule has 0 fully saturated rings. The highest BCUT2D eigenvalue weighted by Crippen LogP contribution is 2.22. The van der Waals surface area contributed by atoms with Crippen LogP contribution in [0.3, 0.4) is 0 Å². The molecular weight excluding hydrogens is 704 g/mol. The van der Waals surface area contributed by atoms with E-state index in [-0.39, 0.29) is 52.7 Å². The van der Waals surface area contributed by atoms with E-state index in [1.54, 1.807) is 0 Å². The third-order valence-corrected chi connectivity index (χ3v) is 6.04. The minimum atomic E-state index is -1.34. The van der Waals surface area contributed by atoms with Crippen LogP contribution in [0.5, 0.6) is 0 Å². The van der Waals surface area contributed by atoms with E-state index in [1.807, 2.05) is 0 Å². The third-order valence-electron chi connectivity index (χ3n) is 6.04. The first kappa shape index (κ1) is 48.8. The van der Waals surface area contributed by atoms with Crippen LogP contribution in [0.1, 0.15) is 6.42 Å². The normalized spacial score (nSPS) is 11.1. The number of carbonyl (C=O) groups excluding carboxylic acids is 8. The molecule has 0 aliphatic rings. The molecule has 0 radical (unpaired) electrons. The van der Waals surface area contributed by atoms with Crippen LogP contribution in [0.4, 0.5) is 0 Å². The van der Waals surface area contributed by atoms with E-state index >= 15 is 0 Å². The molecule has 290 valence electrons. The maximum atomic E-state index is 11.5. The summed E-state index contributed by atoms with van der Waals surface area (Å²) < 4.78 is 39.4. The van der Waals surface area contributed by atoms with Crippen molar-refractivity contribution in [3.05, 3.63) is 101 Å². The van der Waals surface area contributed by atoms with Crippen molar-refractivity contribution in [1.29, 1.82) is 0 Å². The van der Waals surface area contributed by atoms with Crippen LogP contribution in [-0.2, 0) is 76.3 Å². The minimum Gasteiger partial charge on any atom is -0.462 e. The van der Waals surface area contributed by atoms with Crippen molar-refractivity contribution in [3.8, 4) is 0 Å². The third kappa shape index (κ3) is 23.6. The SMILES string of the molecule is C=CC(=O)OCC(CC(O)C(COC(=O)C=C)COC(=O)C=C)OC(=O)C=C.C=CC(=O)OCC(COC(=O)C=C)(COC(=O)C=C)COC(=O)C=C. The fraction of sp³-hybridized carbons (Fsp3) is 0.333. The molecule has 0 saturated carbocycles. The Kier molecular flexibility index (Phi) is 26.1. The van der Waals surface area contributed by atoms with Gasteiger partial charge in [-0.3, -0.25) is 0 Å². The first-order valence-electron chi connectivity index (χ1n) is 15.1. The lowest BCUT2D eigenvalue weighted by Crippen LogP contribution is -2.43. The van der Waals surface area contributed by atoms with Gasteiger partial charge in [-0.2, -0.15) is 0 Å². The molecule has 0 aromatic carbocycles. The number of carbonyl (C=O) groups is 8. The number of rotatable bonds is 26. The first-order chi connectivity index (χ1) is 25.1. The summed E-state index contributed by atoms with van der Waals surface area (Å²) in [5.41, 5.74) is -1.34. The van der Waals surface area contributed by atoms with E-state index in [4.69, 9.17) is 37.9 Å². The molecule has 17 nitrogen and oxygen atoms in total. The van der Waals surface area contributed by atoms with Gasteiger partial charge in [-0.25, -0.2) is 38.4 Å². The summed E-state index contributed by atoms with van der Waals surface area (Å²) in [5.74, 6) is -6.90. The molecule has 2 atom stereocenters. The molecule has 0 aliphatic heterocycles. The van der Waals surface area contributed by atoms with Gasteiger partial charge in [0.25, 0.3) is 0 Å². The fourth-order valence-electron chi connectivity index (χ4n) is 3.21. The molecule has 0 heterocycles. The average Bonchev–Trinajstić information content (AvgIpc) is 3.17. The van der Waals surface area contributed by atoms with E-state index in [0.29, 0.717) is 0 Å². The van der Waals surface area contributed by atoms with Crippen LogP contribution in [0.25, 0.3) is 0 Å². The van der Waals surface area contributed by atoms with Gasteiger partial charge < -0.3 is 43.0 Å². The smallest absolute Gasteiger partial charge is 0.330 e. The van der Waals surface area contributed by atoms with Crippen LogP contribution < -0.4 is 0 Å². The number of hydrogen-bond acceptors (Lipinski definition) is 17. The lowest BCUT2D eigenvalue weighted by molar-refractivity contribution is -0.164. The molecule has 0 amide bonds. The monoisotopic (exact) mass is 748 g/mol. The van der Waals surface area contributed by atoms with Crippen molar-refractivity contribution in [2.75, 3.05) is 46.2 Å². The Morgan fingerprint density at radius 2 is 0.698 bits per heavy atom. The van der Waals surface area contributed by atoms with Gasteiger partial charge in [-0.15, -0.1) is 0 Å². The molecule has 1 N–H and O–H groups in total. The van der Waals surface area contributed by atoms with Gasteiger partial charge in [0.1, 0.15) is 57.8 Å². The summed E-state index contributed by atoms with van der Waals surface area (Å²) in [6.45, 7) is 23.6. The number of aliphatic hydroxyl groups is 1. The molecule has 17 heteroatoms. The zero-order valence-electron chi connectivity index (χ0n) is 29.1. The highest BCUT2D eigenvalue weighted by Gasteiger charge is 2.37. The number of hydrogen-bond donors (Lipinski definition) is 1. The van der Waals surface area contributed by atoms with Crippen molar-refractivity contribution in [2.45, 2.75) is 18.6 Å². The standard InChI is InChI=1S/C19H24O9.C17H20O8/c1-5-16(21)25-10-13(11-26-17(22)6-2)15(20)9-14(28-19(24)8-4)12-27-18(23)7-3;1-5-13(18)22-9-17(10-23-14(19)6-2,11-24-15(20)7-3)12-25-16(21)8-4/h5-8,13-15,20H,1-4,9-12H2;5-8H,1-4,9-12H2. The zero-order valence-corrected chi connectivity index (χ0v) is 29.1. The summed E-state index contributed by atoms with van der Waals surface area (Å²) in [7, 11) is 0. The second-order valence-corrected chi connectivity index (χ2v) is 10.1. The summed E-state index contributed by atoms with van der Waals surface area (Å²) in [4.78, 5) is 90.5. The largest absolute Gasteiger partial charge is 0.462 e. The van der Waals surface area contributed by atoms with Crippen LogP contribution in [-0.4, -0.2) is 111 Å². The molecule has 53 heavy (non-hydrogen) atoms. The van der Waals surface area contributed by atoms with Crippen LogP contribution in [0.15, 0.2) is 101 Å². The van der Waals surface area contributed by atoms with Gasteiger partial charge >= 0.3 is 47.8 Å². The van der Waals surface area contributed by atoms with Crippen molar-refractivity contribution < 1.29 is 81.4 Å². The minimum absolute atomic E-state index is 0.202. The van der Waals surface area contributed by atoms with E-state index < -0.39 is 71.3 Å². The number of ether oxygens (including phenoxy) is 8. The Morgan fingerprint density at radius 3 is 0.981 bits per heavy atom. The van der Waals surface area contributed by atoms with Gasteiger partial charge in [-0.05, 0) is 0 Å². The quantitative estimate of drug-likeness (QED) is 0.0751. The van der Waals surface area contributed by atoms with Crippen LogP contribution >= 0.6 is 0 Å². The average molecular weight is 749 g/mol. The lowest BCUT2D eigenvalue weighted by Gasteiger charge is -2.31. The van der Waals surface area contributed by atoms with Gasteiger partial charge in [0.2, 0.25) is 0 Å². The van der Waals surface area contributed by atoms with Crippen molar-refractivity contribution >= 4 is 47.8 Å². The molecule has 0 spiro atoms. The van der Waals surface area contributed by atoms with E-state index in [9.17, 15) is 43.5 Å².